The lowest BCUT2D eigenvalue weighted by atomic mass is 10.1. The molecular weight excluding hydrogens is 142 g/mol. The summed E-state index contributed by atoms with van der Waals surface area (Å²) in [5.74, 6) is 0.714. The van der Waals surface area contributed by atoms with E-state index >= 15 is 0 Å². The Bertz CT molecular complexity index is 233. The Labute approximate surface area is 66.7 Å². The van der Waals surface area contributed by atoms with E-state index in [1.54, 1.807) is 0 Å². The largest absolute Gasteiger partial charge is 0.398 e. The highest BCUT2D eigenvalue weighted by molar-refractivity contribution is 7.79. The van der Waals surface area contributed by atoms with Crippen molar-refractivity contribution >= 4 is 18.3 Å². The molecule has 0 aliphatic heterocycles. The summed E-state index contributed by atoms with van der Waals surface area (Å²) >= 11 is 4.13. The molecule has 0 aromatic heterocycles. The van der Waals surface area contributed by atoms with Gasteiger partial charge < -0.3 is 5.73 Å². The van der Waals surface area contributed by atoms with Crippen molar-refractivity contribution in [2.75, 3.05) is 5.73 Å². The van der Waals surface area contributed by atoms with Gasteiger partial charge in [0.15, 0.2) is 0 Å². The van der Waals surface area contributed by atoms with Crippen LogP contribution in [0.5, 0.6) is 0 Å². The SMILES string of the molecule is Cc1ccc(CS)c(N)c1. The van der Waals surface area contributed by atoms with E-state index in [0.717, 1.165) is 11.3 Å². The molecule has 0 aliphatic carbocycles. The Hall–Kier alpha value is -0.630. The summed E-state index contributed by atoms with van der Waals surface area (Å²) < 4.78 is 0. The average Bonchev–Trinajstić information content (AvgIpc) is 1.88. The van der Waals surface area contributed by atoms with Crippen LogP contribution >= 0.6 is 12.6 Å². The molecule has 2 heteroatoms. The first-order valence-electron chi connectivity index (χ1n) is 3.20. The van der Waals surface area contributed by atoms with Crippen LogP contribution in [-0.4, -0.2) is 0 Å². The van der Waals surface area contributed by atoms with Crippen molar-refractivity contribution in [1.29, 1.82) is 0 Å². The molecule has 0 aliphatic rings. The molecule has 1 nitrogen and oxygen atoms in total. The van der Waals surface area contributed by atoms with E-state index in [1.807, 2.05) is 25.1 Å². The summed E-state index contributed by atoms with van der Waals surface area (Å²) in [5, 5.41) is 0. The molecule has 0 radical (unpaired) electrons. The monoisotopic (exact) mass is 153 g/mol. The Morgan fingerprint density at radius 1 is 1.50 bits per heavy atom. The molecule has 0 heterocycles. The predicted octanol–water partition coefficient (Wildman–Crippen LogP) is 2.01. The maximum Gasteiger partial charge on any atom is 0.0357 e. The fourth-order valence-corrected chi connectivity index (χ4v) is 1.15. The maximum atomic E-state index is 5.68. The Morgan fingerprint density at radius 2 is 2.20 bits per heavy atom. The first-order chi connectivity index (χ1) is 4.74. The van der Waals surface area contributed by atoms with E-state index < -0.39 is 0 Å². The molecule has 0 fully saturated rings. The van der Waals surface area contributed by atoms with Crippen LogP contribution in [0.3, 0.4) is 0 Å². The molecule has 1 aromatic carbocycles. The van der Waals surface area contributed by atoms with Crippen LogP contribution in [0.1, 0.15) is 11.1 Å². The molecule has 10 heavy (non-hydrogen) atoms. The van der Waals surface area contributed by atoms with Crippen LogP contribution in [0.25, 0.3) is 0 Å². The second-order valence-electron chi connectivity index (χ2n) is 2.36. The first-order valence-corrected chi connectivity index (χ1v) is 3.83. The van der Waals surface area contributed by atoms with Crippen molar-refractivity contribution in [3.8, 4) is 0 Å². The van der Waals surface area contributed by atoms with Gasteiger partial charge in [-0.2, -0.15) is 12.6 Å². The van der Waals surface area contributed by atoms with Crippen molar-refractivity contribution in [3.05, 3.63) is 29.3 Å². The predicted molar refractivity (Wildman–Crippen MR) is 48.3 cm³/mol. The highest BCUT2D eigenvalue weighted by atomic mass is 32.1. The Kier molecular flexibility index (Phi) is 2.22. The molecule has 1 rings (SSSR count). The van der Waals surface area contributed by atoms with Gasteiger partial charge in [-0.3, -0.25) is 0 Å². The lowest BCUT2D eigenvalue weighted by molar-refractivity contribution is 1.38. The standard InChI is InChI=1S/C8H11NS/c1-6-2-3-7(5-10)8(9)4-6/h2-4,10H,5,9H2,1H3. The van der Waals surface area contributed by atoms with Gasteiger partial charge in [-0.05, 0) is 24.1 Å². The van der Waals surface area contributed by atoms with Gasteiger partial charge in [-0.25, -0.2) is 0 Å². The Balaban J connectivity index is 3.07. The van der Waals surface area contributed by atoms with Crippen LogP contribution in [0.2, 0.25) is 0 Å². The first kappa shape index (κ1) is 7.48. The average molecular weight is 153 g/mol. The highest BCUT2D eigenvalue weighted by Crippen LogP contribution is 2.14. The third-order valence-electron chi connectivity index (χ3n) is 1.47. The van der Waals surface area contributed by atoms with Gasteiger partial charge in [-0.15, -0.1) is 0 Å². The molecule has 0 atom stereocenters. The lowest BCUT2D eigenvalue weighted by Crippen LogP contribution is -1.91. The molecule has 0 bridgehead atoms. The van der Waals surface area contributed by atoms with E-state index in [-0.39, 0.29) is 0 Å². The fourth-order valence-electron chi connectivity index (χ4n) is 0.858. The molecule has 0 saturated heterocycles. The van der Waals surface area contributed by atoms with Gasteiger partial charge in [0.25, 0.3) is 0 Å². The van der Waals surface area contributed by atoms with E-state index in [0.29, 0.717) is 5.75 Å². The van der Waals surface area contributed by atoms with Crippen molar-refractivity contribution in [2.45, 2.75) is 12.7 Å². The van der Waals surface area contributed by atoms with Crippen molar-refractivity contribution in [2.24, 2.45) is 0 Å². The summed E-state index contributed by atoms with van der Waals surface area (Å²) in [5.41, 5.74) is 8.83. The molecular formula is C8H11NS. The van der Waals surface area contributed by atoms with E-state index in [1.165, 1.54) is 5.56 Å². The number of rotatable bonds is 1. The molecule has 54 valence electrons. The molecule has 0 unspecified atom stereocenters. The molecule has 0 saturated carbocycles. The summed E-state index contributed by atoms with van der Waals surface area (Å²) in [6, 6.07) is 6.02. The van der Waals surface area contributed by atoms with E-state index in [2.05, 4.69) is 12.6 Å². The zero-order chi connectivity index (χ0) is 7.56. The number of thiol groups is 1. The maximum absolute atomic E-state index is 5.68. The van der Waals surface area contributed by atoms with E-state index in [9.17, 15) is 0 Å². The van der Waals surface area contributed by atoms with Gasteiger partial charge >= 0.3 is 0 Å². The zero-order valence-corrected chi connectivity index (χ0v) is 6.86. The number of anilines is 1. The third kappa shape index (κ3) is 1.45. The summed E-state index contributed by atoms with van der Waals surface area (Å²) in [6.07, 6.45) is 0. The van der Waals surface area contributed by atoms with Crippen molar-refractivity contribution in [1.82, 2.24) is 0 Å². The second-order valence-corrected chi connectivity index (χ2v) is 2.68. The second kappa shape index (κ2) is 2.97. The number of hydrogen-bond acceptors (Lipinski definition) is 2. The fraction of sp³-hybridized carbons (Fsp3) is 0.250. The molecule has 0 spiro atoms. The van der Waals surface area contributed by atoms with Crippen LogP contribution in [-0.2, 0) is 5.75 Å². The topological polar surface area (TPSA) is 26.0 Å². The minimum atomic E-state index is 0.714. The number of benzene rings is 1. The van der Waals surface area contributed by atoms with Crippen molar-refractivity contribution in [3.63, 3.8) is 0 Å². The minimum Gasteiger partial charge on any atom is -0.398 e. The van der Waals surface area contributed by atoms with Gasteiger partial charge in [-0.1, -0.05) is 12.1 Å². The van der Waals surface area contributed by atoms with Gasteiger partial charge in [0, 0.05) is 11.4 Å². The van der Waals surface area contributed by atoms with Crippen molar-refractivity contribution < 1.29 is 0 Å². The Morgan fingerprint density at radius 3 is 2.70 bits per heavy atom. The van der Waals surface area contributed by atoms with Crippen LogP contribution in [0.15, 0.2) is 18.2 Å². The molecule has 1 aromatic rings. The normalized spacial score (nSPS) is 9.80. The third-order valence-corrected chi connectivity index (χ3v) is 1.81. The number of nitrogen functional groups attached to an aromatic ring is 1. The van der Waals surface area contributed by atoms with Crippen LogP contribution in [0.4, 0.5) is 5.69 Å². The van der Waals surface area contributed by atoms with Crippen LogP contribution < -0.4 is 5.73 Å². The number of nitrogens with two attached hydrogens (primary N) is 1. The zero-order valence-electron chi connectivity index (χ0n) is 5.96. The summed E-state index contributed by atoms with van der Waals surface area (Å²) in [6.45, 7) is 2.03. The number of aryl methyl sites for hydroxylation is 1. The quantitative estimate of drug-likeness (QED) is 0.468. The highest BCUT2D eigenvalue weighted by Gasteiger charge is 1.94. The molecule has 2 N–H and O–H groups in total. The minimum absolute atomic E-state index is 0.714. The molecule has 0 amide bonds. The van der Waals surface area contributed by atoms with Gasteiger partial charge in [0.05, 0.1) is 0 Å². The smallest absolute Gasteiger partial charge is 0.0357 e. The summed E-state index contributed by atoms with van der Waals surface area (Å²) in [4.78, 5) is 0. The summed E-state index contributed by atoms with van der Waals surface area (Å²) in [7, 11) is 0. The number of hydrogen-bond donors (Lipinski definition) is 2. The lowest BCUT2D eigenvalue weighted by Gasteiger charge is -2.01. The van der Waals surface area contributed by atoms with Crippen LogP contribution in [0, 0.1) is 6.92 Å². The van der Waals surface area contributed by atoms with E-state index in [4.69, 9.17) is 5.73 Å². The van der Waals surface area contributed by atoms with Gasteiger partial charge in [0.2, 0.25) is 0 Å². The van der Waals surface area contributed by atoms with Gasteiger partial charge in [0.1, 0.15) is 0 Å².